The van der Waals surface area contributed by atoms with Crippen LogP contribution in [0.25, 0.3) is 11.4 Å². The Morgan fingerprint density at radius 1 is 1.56 bits per heavy atom. The van der Waals surface area contributed by atoms with Gasteiger partial charge in [0.05, 0.1) is 17.7 Å². The second-order valence-corrected chi connectivity index (χ2v) is 6.68. The number of non-ortho nitro benzene ring substituents is 1. The maximum atomic E-state index is 12.5. The fourth-order valence-electron chi connectivity index (χ4n) is 3.25. The molecule has 1 fully saturated rings. The molecule has 1 aromatic carbocycles. The number of nitrogens with one attached hydrogen (secondary N) is 2. The van der Waals surface area contributed by atoms with Gasteiger partial charge in [0.2, 0.25) is 0 Å². The van der Waals surface area contributed by atoms with E-state index in [1.54, 1.807) is 12.1 Å². The van der Waals surface area contributed by atoms with Gasteiger partial charge in [-0.3, -0.25) is 14.9 Å². The highest BCUT2D eigenvalue weighted by Crippen LogP contribution is 2.37. The van der Waals surface area contributed by atoms with Crippen molar-refractivity contribution in [2.75, 3.05) is 6.61 Å². The van der Waals surface area contributed by atoms with Crippen molar-refractivity contribution in [1.82, 2.24) is 15.3 Å². The molecule has 0 radical (unpaired) electrons. The third-order valence-electron chi connectivity index (χ3n) is 4.90. The van der Waals surface area contributed by atoms with E-state index in [4.69, 9.17) is 0 Å². The number of amides is 1. The van der Waals surface area contributed by atoms with Gasteiger partial charge in [-0.2, -0.15) is 0 Å². The number of aromatic nitrogens is 2. The minimum atomic E-state index is -0.476. The van der Waals surface area contributed by atoms with E-state index < -0.39 is 4.92 Å². The second kappa shape index (κ2) is 6.64. The highest BCUT2D eigenvalue weighted by molar-refractivity contribution is 5.93. The maximum absolute atomic E-state index is 12.5. The van der Waals surface area contributed by atoms with Gasteiger partial charge in [0.25, 0.3) is 11.6 Å². The number of nitrogens with zero attached hydrogens (tertiary/aromatic N) is 2. The molecule has 1 heterocycles. The number of nitro groups is 1. The summed E-state index contributed by atoms with van der Waals surface area (Å²) in [7, 11) is 0. The SMILES string of the molecule is C[C@]1(CO)CCC[C@@H]1NC(=O)c1cnc(-c2cccc([N+](=O)[O-])c2)[nH]1. The highest BCUT2D eigenvalue weighted by atomic mass is 16.6. The van der Waals surface area contributed by atoms with E-state index >= 15 is 0 Å². The lowest BCUT2D eigenvalue weighted by atomic mass is 9.86. The number of aliphatic hydroxyl groups excluding tert-OH is 1. The van der Waals surface area contributed by atoms with Crippen molar-refractivity contribution in [3.05, 3.63) is 46.3 Å². The summed E-state index contributed by atoms with van der Waals surface area (Å²) in [6.45, 7) is 1.99. The second-order valence-electron chi connectivity index (χ2n) is 6.68. The molecule has 8 heteroatoms. The summed E-state index contributed by atoms with van der Waals surface area (Å²) in [6, 6.07) is 5.97. The fraction of sp³-hybridized carbons (Fsp3) is 0.412. The Balaban J connectivity index is 1.76. The quantitative estimate of drug-likeness (QED) is 0.567. The standard InChI is InChI=1S/C17H20N4O4/c1-17(10-22)7-3-6-14(17)20-16(23)13-9-18-15(19-13)11-4-2-5-12(8-11)21(24)25/h2,4-5,8-9,14,22H,3,6-7,10H2,1H3,(H,18,19)(H,20,23)/t14-,17+/m0/s1. The lowest BCUT2D eigenvalue weighted by molar-refractivity contribution is -0.384. The van der Waals surface area contributed by atoms with E-state index in [0.29, 0.717) is 11.4 Å². The zero-order valence-corrected chi connectivity index (χ0v) is 13.9. The number of rotatable bonds is 5. The Morgan fingerprint density at radius 3 is 3.08 bits per heavy atom. The van der Waals surface area contributed by atoms with Crippen molar-refractivity contribution in [2.24, 2.45) is 5.41 Å². The van der Waals surface area contributed by atoms with Gasteiger partial charge in [-0.05, 0) is 12.8 Å². The van der Waals surface area contributed by atoms with Crippen LogP contribution < -0.4 is 5.32 Å². The lowest BCUT2D eigenvalue weighted by Crippen LogP contribution is -2.44. The number of hydrogen-bond donors (Lipinski definition) is 3. The lowest BCUT2D eigenvalue weighted by Gasteiger charge is -2.29. The van der Waals surface area contributed by atoms with Crippen molar-refractivity contribution in [1.29, 1.82) is 0 Å². The minimum Gasteiger partial charge on any atom is -0.396 e. The molecule has 0 spiro atoms. The molecular weight excluding hydrogens is 324 g/mol. The van der Waals surface area contributed by atoms with Crippen LogP contribution in [0.4, 0.5) is 5.69 Å². The molecule has 2 aromatic rings. The highest BCUT2D eigenvalue weighted by Gasteiger charge is 2.39. The molecule has 1 aliphatic carbocycles. The van der Waals surface area contributed by atoms with Gasteiger partial charge >= 0.3 is 0 Å². The first-order valence-electron chi connectivity index (χ1n) is 8.14. The first-order valence-corrected chi connectivity index (χ1v) is 8.14. The van der Waals surface area contributed by atoms with Crippen LogP contribution in [-0.4, -0.2) is 38.6 Å². The Morgan fingerprint density at radius 2 is 2.36 bits per heavy atom. The molecule has 1 aromatic heterocycles. The Labute approximate surface area is 144 Å². The van der Waals surface area contributed by atoms with E-state index in [1.165, 1.54) is 18.3 Å². The number of benzene rings is 1. The predicted molar refractivity (Wildman–Crippen MR) is 91.0 cm³/mol. The number of carbonyl (C=O) groups is 1. The van der Waals surface area contributed by atoms with Crippen molar-refractivity contribution >= 4 is 11.6 Å². The van der Waals surface area contributed by atoms with E-state index in [1.807, 2.05) is 6.92 Å². The van der Waals surface area contributed by atoms with E-state index in [0.717, 1.165) is 19.3 Å². The molecule has 2 atom stereocenters. The summed E-state index contributed by atoms with van der Waals surface area (Å²) in [6.07, 6.45) is 4.07. The number of aliphatic hydroxyl groups is 1. The van der Waals surface area contributed by atoms with Gasteiger partial charge in [0, 0.05) is 29.2 Å². The van der Waals surface area contributed by atoms with Crippen LogP contribution in [-0.2, 0) is 0 Å². The molecule has 0 bridgehead atoms. The summed E-state index contributed by atoms with van der Waals surface area (Å²) in [5.74, 6) is 0.0981. The monoisotopic (exact) mass is 344 g/mol. The molecule has 0 saturated heterocycles. The van der Waals surface area contributed by atoms with E-state index in [2.05, 4.69) is 15.3 Å². The molecule has 1 amide bonds. The zero-order chi connectivity index (χ0) is 18.0. The first-order chi connectivity index (χ1) is 11.9. The van der Waals surface area contributed by atoms with Gasteiger partial charge < -0.3 is 15.4 Å². The number of carbonyl (C=O) groups excluding carboxylic acids is 1. The van der Waals surface area contributed by atoms with Gasteiger partial charge in [-0.25, -0.2) is 4.98 Å². The summed E-state index contributed by atoms with van der Waals surface area (Å²) in [5.41, 5.74) is 0.478. The van der Waals surface area contributed by atoms with Crippen molar-refractivity contribution < 1.29 is 14.8 Å². The average molecular weight is 344 g/mol. The largest absolute Gasteiger partial charge is 0.396 e. The predicted octanol–water partition coefficient (Wildman–Crippen LogP) is 2.27. The first kappa shape index (κ1) is 17.1. The zero-order valence-electron chi connectivity index (χ0n) is 13.9. The molecule has 1 aliphatic rings. The number of nitro benzene ring substituents is 1. The average Bonchev–Trinajstić information content (AvgIpc) is 3.23. The normalized spacial score (nSPS) is 22.7. The molecular formula is C17H20N4O4. The molecule has 0 unspecified atom stereocenters. The van der Waals surface area contributed by atoms with Crippen molar-refractivity contribution in [2.45, 2.75) is 32.2 Å². The number of H-pyrrole nitrogens is 1. The minimum absolute atomic E-state index is 0.0276. The number of aromatic amines is 1. The van der Waals surface area contributed by atoms with Crippen LogP contribution in [0.1, 0.15) is 36.7 Å². The molecule has 1 saturated carbocycles. The van der Waals surface area contributed by atoms with E-state index in [-0.39, 0.29) is 35.4 Å². The molecule has 3 N–H and O–H groups in total. The molecule has 132 valence electrons. The van der Waals surface area contributed by atoms with Crippen LogP contribution >= 0.6 is 0 Å². The Kier molecular flexibility index (Phi) is 4.54. The molecule has 25 heavy (non-hydrogen) atoms. The Hall–Kier alpha value is -2.74. The van der Waals surface area contributed by atoms with Crippen LogP contribution in [0.2, 0.25) is 0 Å². The number of hydrogen-bond acceptors (Lipinski definition) is 5. The van der Waals surface area contributed by atoms with Gasteiger partial charge in [-0.15, -0.1) is 0 Å². The summed E-state index contributed by atoms with van der Waals surface area (Å²) in [4.78, 5) is 29.9. The maximum Gasteiger partial charge on any atom is 0.270 e. The molecule has 8 nitrogen and oxygen atoms in total. The van der Waals surface area contributed by atoms with Gasteiger partial charge in [-0.1, -0.05) is 25.5 Å². The van der Waals surface area contributed by atoms with E-state index in [9.17, 15) is 20.0 Å². The van der Waals surface area contributed by atoms with Gasteiger partial charge in [0.1, 0.15) is 11.5 Å². The van der Waals surface area contributed by atoms with Crippen molar-refractivity contribution in [3.8, 4) is 11.4 Å². The summed E-state index contributed by atoms with van der Waals surface area (Å²) < 4.78 is 0. The van der Waals surface area contributed by atoms with Crippen molar-refractivity contribution in [3.63, 3.8) is 0 Å². The smallest absolute Gasteiger partial charge is 0.270 e. The fourth-order valence-corrected chi connectivity index (χ4v) is 3.25. The van der Waals surface area contributed by atoms with Crippen LogP contribution in [0, 0.1) is 15.5 Å². The Bertz CT molecular complexity index is 803. The van der Waals surface area contributed by atoms with Crippen LogP contribution in [0.3, 0.4) is 0 Å². The molecule has 3 rings (SSSR count). The number of imidazole rings is 1. The van der Waals surface area contributed by atoms with Crippen LogP contribution in [0.15, 0.2) is 30.5 Å². The third-order valence-corrected chi connectivity index (χ3v) is 4.90. The molecule has 0 aliphatic heterocycles. The summed E-state index contributed by atoms with van der Waals surface area (Å²) >= 11 is 0. The van der Waals surface area contributed by atoms with Gasteiger partial charge in [0.15, 0.2) is 0 Å². The topological polar surface area (TPSA) is 121 Å². The summed E-state index contributed by atoms with van der Waals surface area (Å²) in [5, 5.41) is 23.4. The van der Waals surface area contributed by atoms with Crippen LogP contribution in [0.5, 0.6) is 0 Å². The third kappa shape index (κ3) is 3.39.